The molecule has 2 rings (SSSR count). The number of nitrogens with zero attached hydrogens (tertiary/aromatic N) is 2. The second-order valence-corrected chi connectivity index (χ2v) is 4.91. The number of hydrogen-bond donors (Lipinski definition) is 2. The topological polar surface area (TPSA) is 78.9 Å². The fourth-order valence-electron chi connectivity index (χ4n) is 1.32. The van der Waals surface area contributed by atoms with E-state index in [-0.39, 0.29) is 0 Å². The van der Waals surface area contributed by atoms with Gasteiger partial charge < -0.3 is 5.11 Å². The monoisotopic (exact) mass is 267 g/mol. The minimum atomic E-state index is -0.933. The fraction of sp³-hybridized carbons (Fsp3) is 0.100. The lowest BCUT2D eigenvalue weighted by Gasteiger charge is -2.07. The highest BCUT2D eigenvalue weighted by Gasteiger charge is 2.16. The van der Waals surface area contributed by atoms with Gasteiger partial charge in [-0.1, -0.05) is 6.07 Å². The molecule has 0 spiro atoms. The predicted molar refractivity (Wildman–Crippen MR) is 65.7 cm³/mol. The van der Waals surface area contributed by atoms with Crippen molar-refractivity contribution in [1.82, 2.24) is 15.2 Å². The summed E-state index contributed by atoms with van der Waals surface area (Å²) in [5.74, 6) is -0.933. The molecule has 1 aromatic carbocycles. The van der Waals surface area contributed by atoms with Crippen molar-refractivity contribution in [3.63, 3.8) is 0 Å². The number of benzene rings is 1. The largest absolute Gasteiger partial charge is 0.478 e. The first-order valence-corrected chi connectivity index (χ1v) is 6.70. The van der Waals surface area contributed by atoms with Gasteiger partial charge in [0.25, 0.3) is 0 Å². The van der Waals surface area contributed by atoms with Crippen molar-refractivity contribution in [3.8, 4) is 0 Å². The first kappa shape index (κ1) is 12.0. The molecule has 17 heavy (non-hydrogen) atoms. The van der Waals surface area contributed by atoms with Gasteiger partial charge in [-0.25, -0.2) is 9.78 Å². The number of aromatic nitrogens is 3. The van der Waals surface area contributed by atoms with E-state index < -0.39 is 5.97 Å². The number of carboxylic acid groups (broad SMARTS) is 1. The van der Waals surface area contributed by atoms with Crippen LogP contribution in [0.2, 0.25) is 0 Å². The van der Waals surface area contributed by atoms with Gasteiger partial charge in [-0.2, -0.15) is 5.10 Å². The van der Waals surface area contributed by atoms with E-state index in [0.717, 1.165) is 4.90 Å². The number of carbonyl (C=O) groups is 1. The summed E-state index contributed by atoms with van der Waals surface area (Å²) in [4.78, 5) is 16.6. The van der Waals surface area contributed by atoms with E-state index in [0.29, 0.717) is 15.6 Å². The van der Waals surface area contributed by atoms with E-state index in [1.807, 2.05) is 12.3 Å². The Morgan fingerprint density at radius 3 is 2.76 bits per heavy atom. The third kappa shape index (κ3) is 2.62. The van der Waals surface area contributed by atoms with Gasteiger partial charge in [-0.15, -0.1) is 11.8 Å². The van der Waals surface area contributed by atoms with Crippen LogP contribution < -0.4 is 0 Å². The van der Waals surface area contributed by atoms with Crippen molar-refractivity contribution in [2.45, 2.75) is 14.9 Å². The Hall–Kier alpha value is -1.47. The third-order valence-electron chi connectivity index (χ3n) is 2.02. The summed E-state index contributed by atoms with van der Waals surface area (Å²) in [7, 11) is 0. The summed E-state index contributed by atoms with van der Waals surface area (Å²) in [5.41, 5.74) is 0.307. The number of nitrogens with one attached hydrogen (secondary N) is 1. The molecule has 0 saturated heterocycles. The van der Waals surface area contributed by atoms with Crippen molar-refractivity contribution < 1.29 is 9.90 Å². The number of aromatic amines is 1. The van der Waals surface area contributed by atoms with Gasteiger partial charge in [-0.3, -0.25) is 5.10 Å². The van der Waals surface area contributed by atoms with Crippen LogP contribution in [0.15, 0.2) is 39.5 Å². The molecule has 0 radical (unpaired) electrons. The first-order chi connectivity index (χ1) is 8.22. The van der Waals surface area contributed by atoms with Gasteiger partial charge in [0.05, 0.1) is 5.56 Å². The Balaban J connectivity index is 2.42. The first-order valence-electron chi connectivity index (χ1n) is 4.66. The number of hydrogen-bond acceptors (Lipinski definition) is 5. The molecule has 0 atom stereocenters. The lowest BCUT2D eigenvalue weighted by atomic mass is 10.2. The van der Waals surface area contributed by atoms with E-state index in [2.05, 4.69) is 15.2 Å². The third-order valence-corrected chi connectivity index (χ3v) is 3.75. The number of aromatic carboxylic acids is 1. The smallest absolute Gasteiger partial charge is 0.337 e. The molecule has 1 heterocycles. The molecule has 0 unspecified atom stereocenters. The Labute approximate surface area is 106 Å². The van der Waals surface area contributed by atoms with Crippen LogP contribution in [-0.2, 0) is 0 Å². The van der Waals surface area contributed by atoms with Gasteiger partial charge in [0.2, 0.25) is 0 Å². The lowest BCUT2D eigenvalue weighted by Crippen LogP contribution is -2.01. The molecular formula is C10H9N3O2S2. The highest BCUT2D eigenvalue weighted by Crippen LogP contribution is 2.33. The van der Waals surface area contributed by atoms with Crippen LogP contribution in [0, 0.1) is 0 Å². The maximum absolute atomic E-state index is 11.3. The highest BCUT2D eigenvalue weighted by atomic mass is 32.2. The maximum atomic E-state index is 11.3. The van der Waals surface area contributed by atoms with Crippen molar-refractivity contribution in [1.29, 1.82) is 0 Å². The SMILES string of the molecule is CSc1cccc(Sc2ncn[nH]2)c1C(=O)O. The second kappa shape index (κ2) is 5.24. The molecule has 5 nitrogen and oxygen atoms in total. The molecule has 2 aromatic rings. The van der Waals surface area contributed by atoms with Gasteiger partial charge in [0.1, 0.15) is 6.33 Å². The van der Waals surface area contributed by atoms with Gasteiger partial charge in [0, 0.05) is 9.79 Å². The fourth-order valence-corrected chi connectivity index (χ4v) is 2.86. The molecule has 0 aliphatic heterocycles. The second-order valence-electron chi connectivity index (χ2n) is 3.03. The molecular weight excluding hydrogens is 258 g/mol. The minimum absolute atomic E-state index is 0.307. The zero-order valence-corrected chi connectivity index (χ0v) is 10.5. The normalized spacial score (nSPS) is 10.4. The van der Waals surface area contributed by atoms with Gasteiger partial charge in [-0.05, 0) is 30.2 Å². The molecule has 88 valence electrons. The molecule has 0 saturated carbocycles. The quantitative estimate of drug-likeness (QED) is 0.828. The van der Waals surface area contributed by atoms with Crippen LogP contribution >= 0.6 is 23.5 Å². The lowest BCUT2D eigenvalue weighted by molar-refractivity contribution is 0.0689. The van der Waals surface area contributed by atoms with Crippen molar-refractivity contribution >= 4 is 29.5 Å². The average molecular weight is 267 g/mol. The number of thioether (sulfide) groups is 1. The van der Waals surface area contributed by atoms with Crippen LogP contribution in [0.3, 0.4) is 0 Å². The Kier molecular flexibility index (Phi) is 3.70. The van der Waals surface area contributed by atoms with Crippen LogP contribution in [0.4, 0.5) is 0 Å². The molecule has 0 aliphatic rings. The van der Waals surface area contributed by atoms with E-state index in [9.17, 15) is 9.90 Å². The van der Waals surface area contributed by atoms with Crippen molar-refractivity contribution in [2.75, 3.05) is 6.26 Å². The standard InChI is InChI=1S/C10H9N3O2S2/c1-16-6-3-2-4-7(8(6)9(14)15)17-10-11-5-12-13-10/h2-5H,1H3,(H,14,15)(H,11,12,13). The number of rotatable bonds is 4. The number of H-pyrrole nitrogens is 1. The molecule has 1 aromatic heterocycles. The number of carboxylic acids is 1. The molecule has 0 bridgehead atoms. The maximum Gasteiger partial charge on any atom is 0.337 e. The van der Waals surface area contributed by atoms with E-state index in [4.69, 9.17) is 0 Å². The summed E-state index contributed by atoms with van der Waals surface area (Å²) in [6, 6.07) is 5.38. The van der Waals surface area contributed by atoms with Crippen LogP contribution in [0.5, 0.6) is 0 Å². The zero-order chi connectivity index (χ0) is 12.3. The summed E-state index contributed by atoms with van der Waals surface area (Å²) in [5, 5.41) is 16.2. The Morgan fingerprint density at radius 2 is 2.18 bits per heavy atom. The predicted octanol–water partition coefficient (Wildman–Crippen LogP) is 2.38. The average Bonchev–Trinajstić information content (AvgIpc) is 2.81. The summed E-state index contributed by atoms with van der Waals surface area (Å²) >= 11 is 2.67. The molecule has 0 fully saturated rings. The molecule has 7 heteroatoms. The summed E-state index contributed by atoms with van der Waals surface area (Å²) < 4.78 is 0. The van der Waals surface area contributed by atoms with Crippen LogP contribution in [0.25, 0.3) is 0 Å². The minimum Gasteiger partial charge on any atom is -0.478 e. The van der Waals surface area contributed by atoms with Crippen LogP contribution in [0.1, 0.15) is 10.4 Å². The summed E-state index contributed by atoms with van der Waals surface area (Å²) in [6.45, 7) is 0. The Morgan fingerprint density at radius 1 is 1.41 bits per heavy atom. The molecule has 0 aliphatic carbocycles. The van der Waals surface area contributed by atoms with E-state index in [1.54, 1.807) is 12.1 Å². The van der Waals surface area contributed by atoms with Crippen molar-refractivity contribution in [3.05, 3.63) is 30.1 Å². The van der Waals surface area contributed by atoms with E-state index >= 15 is 0 Å². The summed E-state index contributed by atoms with van der Waals surface area (Å²) in [6.07, 6.45) is 3.24. The Bertz CT molecular complexity index is 528. The highest BCUT2D eigenvalue weighted by molar-refractivity contribution is 7.99. The van der Waals surface area contributed by atoms with E-state index in [1.165, 1.54) is 29.9 Å². The van der Waals surface area contributed by atoms with Gasteiger partial charge in [0.15, 0.2) is 5.16 Å². The zero-order valence-electron chi connectivity index (χ0n) is 8.88. The molecule has 0 amide bonds. The van der Waals surface area contributed by atoms with Gasteiger partial charge >= 0.3 is 5.97 Å². The van der Waals surface area contributed by atoms with Crippen molar-refractivity contribution in [2.24, 2.45) is 0 Å². The molecule has 2 N–H and O–H groups in total. The van der Waals surface area contributed by atoms with Crippen LogP contribution in [-0.4, -0.2) is 32.5 Å².